The number of anilines is 1. The van der Waals surface area contributed by atoms with E-state index in [1.54, 1.807) is 36.4 Å². The van der Waals surface area contributed by atoms with Crippen molar-refractivity contribution in [3.05, 3.63) is 89.2 Å². The summed E-state index contributed by atoms with van der Waals surface area (Å²) in [5, 5.41) is 6.97. The third-order valence-electron chi connectivity index (χ3n) is 5.38. The van der Waals surface area contributed by atoms with Crippen molar-refractivity contribution < 1.29 is 31.8 Å². The number of alkyl halides is 3. The van der Waals surface area contributed by atoms with Crippen LogP contribution in [0.15, 0.2) is 66.7 Å². The van der Waals surface area contributed by atoms with Crippen molar-refractivity contribution in [2.45, 2.75) is 13.1 Å². The maximum absolute atomic E-state index is 13.4. The fraction of sp³-hybridized carbons (Fsp3) is 0.192. The van der Waals surface area contributed by atoms with Crippen LogP contribution in [-0.2, 0) is 10.9 Å². The van der Waals surface area contributed by atoms with Gasteiger partial charge in [-0.1, -0.05) is 6.07 Å². The van der Waals surface area contributed by atoms with Crippen molar-refractivity contribution in [3.63, 3.8) is 0 Å². The fourth-order valence-corrected chi connectivity index (χ4v) is 3.49. The largest absolute Gasteiger partial charge is 0.460 e. The first-order valence-electron chi connectivity index (χ1n) is 11.1. The summed E-state index contributed by atoms with van der Waals surface area (Å²) < 4.78 is 65.1. The van der Waals surface area contributed by atoms with E-state index in [0.29, 0.717) is 29.4 Å². The molecule has 0 aliphatic rings. The van der Waals surface area contributed by atoms with Crippen LogP contribution >= 0.6 is 0 Å². The average Bonchev–Trinajstić information content (AvgIpc) is 3.29. The first-order chi connectivity index (χ1) is 17.7. The number of amides is 1. The van der Waals surface area contributed by atoms with E-state index in [0.717, 1.165) is 6.07 Å². The standard InChI is InChI=1S/C26H22F4N4O3/c1-16-3-4-18(15-22(16)26(28,29)30)24(35)31-20-9-11-21(12-10-20)34-23(17-5-7-19(27)8-6-17)32-25(33-34)37-14-13-36-2/h3-12,15H,13-14H2,1-2H3,(H,31,35). The Morgan fingerprint density at radius 3 is 2.35 bits per heavy atom. The van der Waals surface area contributed by atoms with Gasteiger partial charge in [0.1, 0.15) is 12.4 Å². The van der Waals surface area contributed by atoms with Crippen LogP contribution in [0.5, 0.6) is 6.01 Å². The normalized spacial score (nSPS) is 11.4. The predicted octanol–water partition coefficient (Wildman–Crippen LogP) is 5.68. The highest BCUT2D eigenvalue weighted by molar-refractivity contribution is 6.04. The second-order valence-electron chi connectivity index (χ2n) is 8.01. The molecule has 0 atom stereocenters. The molecule has 0 aliphatic heterocycles. The summed E-state index contributed by atoms with van der Waals surface area (Å²) in [5.41, 5.74) is 0.564. The summed E-state index contributed by atoms with van der Waals surface area (Å²) in [5.74, 6) is -0.689. The van der Waals surface area contributed by atoms with Crippen LogP contribution in [0, 0.1) is 12.7 Å². The number of nitrogens with one attached hydrogen (secondary N) is 1. The minimum absolute atomic E-state index is 0.0313. The first kappa shape index (κ1) is 25.8. The van der Waals surface area contributed by atoms with Gasteiger partial charge in [0.2, 0.25) is 0 Å². The predicted molar refractivity (Wildman–Crippen MR) is 128 cm³/mol. The van der Waals surface area contributed by atoms with Crippen LogP contribution in [-0.4, -0.2) is 41.0 Å². The van der Waals surface area contributed by atoms with Gasteiger partial charge in [0.25, 0.3) is 5.91 Å². The second-order valence-corrected chi connectivity index (χ2v) is 8.01. The van der Waals surface area contributed by atoms with E-state index in [9.17, 15) is 22.4 Å². The highest BCUT2D eigenvalue weighted by atomic mass is 19.4. The summed E-state index contributed by atoms with van der Waals surface area (Å²) in [6.07, 6.45) is -4.56. The lowest BCUT2D eigenvalue weighted by molar-refractivity contribution is -0.138. The van der Waals surface area contributed by atoms with Crippen LogP contribution in [0.25, 0.3) is 17.1 Å². The highest BCUT2D eigenvalue weighted by Crippen LogP contribution is 2.32. The molecule has 4 rings (SSSR count). The SMILES string of the molecule is COCCOc1nc(-c2ccc(F)cc2)n(-c2ccc(NC(=O)c3ccc(C)c(C(F)(F)F)c3)cc2)n1. The molecule has 0 spiro atoms. The van der Waals surface area contributed by atoms with Crippen molar-refractivity contribution in [2.75, 3.05) is 25.6 Å². The van der Waals surface area contributed by atoms with Gasteiger partial charge in [0.05, 0.1) is 17.9 Å². The minimum Gasteiger partial charge on any atom is -0.460 e. The van der Waals surface area contributed by atoms with Crippen LogP contribution in [0.4, 0.5) is 23.2 Å². The molecule has 1 aromatic heterocycles. The summed E-state index contributed by atoms with van der Waals surface area (Å²) in [7, 11) is 1.54. The van der Waals surface area contributed by atoms with Crippen LogP contribution in [0.2, 0.25) is 0 Å². The molecule has 0 saturated carbocycles. The molecule has 0 radical (unpaired) electrons. The Labute approximate surface area is 209 Å². The summed E-state index contributed by atoms with van der Waals surface area (Å²) in [6, 6.07) is 15.7. The Morgan fingerprint density at radius 1 is 1.00 bits per heavy atom. The Hall–Kier alpha value is -4.25. The van der Waals surface area contributed by atoms with Crippen molar-refractivity contribution in [3.8, 4) is 23.1 Å². The number of hydrogen-bond acceptors (Lipinski definition) is 5. The topological polar surface area (TPSA) is 78.3 Å². The van der Waals surface area contributed by atoms with Gasteiger partial charge >= 0.3 is 12.2 Å². The van der Waals surface area contributed by atoms with Gasteiger partial charge in [-0.2, -0.15) is 18.2 Å². The van der Waals surface area contributed by atoms with E-state index in [2.05, 4.69) is 15.4 Å². The maximum atomic E-state index is 13.4. The lowest BCUT2D eigenvalue weighted by Gasteiger charge is -2.12. The average molecular weight is 514 g/mol. The number of rotatable bonds is 8. The Bertz CT molecular complexity index is 1380. The van der Waals surface area contributed by atoms with Crippen LogP contribution in [0.3, 0.4) is 0 Å². The zero-order valence-corrected chi connectivity index (χ0v) is 19.8. The van der Waals surface area contributed by atoms with E-state index in [4.69, 9.17) is 9.47 Å². The zero-order chi connectivity index (χ0) is 26.6. The molecule has 7 nitrogen and oxygen atoms in total. The van der Waals surface area contributed by atoms with Gasteiger partial charge < -0.3 is 14.8 Å². The molecule has 37 heavy (non-hydrogen) atoms. The molecule has 1 N–H and O–H groups in total. The molecule has 1 amide bonds. The van der Waals surface area contributed by atoms with Crippen molar-refractivity contribution in [1.29, 1.82) is 0 Å². The number of aromatic nitrogens is 3. The van der Waals surface area contributed by atoms with Gasteiger partial charge in [-0.25, -0.2) is 9.07 Å². The Morgan fingerprint density at radius 2 is 1.70 bits per heavy atom. The van der Waals surface area contributed by atoms with Gasteiger partial charge in [-0.05, 0) is 73.2 Å². The molecule has 4 aromatic rings. The third kappa shape index (κ3) is 6.12. The molecule has 0 saturated heterocycles. The van der Waals surface area contributed by atoms with E-state index in [1.165, 1.54) is 43.0 Å². The van der Waals surface area contributed by atoms with Crippen molar-refractivity contribution in [1.82, 2.24) is 14.8 Å². The van der Waals surface area contributed by atoms with Crippen LogP contribution in [0.1, 0.15) is 21.5 Å². The summed E-state index contributed by atoms with van der Waals surface area (Å²) in [4.78, 5) is 17.0. The van der Waals surface area contributed by atoms with Crippen molar-refractivity contribution >= 4 is 11.6 Å². The molecule has 11 heteroatoms. The number of carbonyl (C=O) groups excluding carboxylic acids is 1. The van der Waals surface area contributed by atoms with Gasteiger partial charge in [0, 0.05) is 23.9 Å². The highest BCUT2D eigenvalue weighted by Gasteiger charge is 2.33. The molecule has 192 valence electrons. The molecular weight excluding hydrogens is 492 g/mol. The summed E-state index contributed by atoms with van der Waals surface area (Å²) in [6.45, 7) is 1.89. The molecule has 0 aliphatic carbocycles. The lowest BCUT2D eigenvalue weighted by atomic mass is 10.0. The van der Waals surface area contributed by atoms with Crippen molar-refractivity contribution in [2.24, 2.45) is 0 Å². The molecule has 0 fully saturated rings. The van der Waals surface area contributed by atoms with E-state index in [1.807, 2.05) is 0 Å². The number of nitrogens with zero attached hydrogens (tertiary/aromatic N) is 3. The minimum atomic E-state index is -4.56. The smallest absolute Gasteiger partial charge is 0.416 e. The second kappa shape index (κ2) is 10.8. The van der Waals surface area contributed by atoms with Gasteiger partial charge in [-0.3, -0.25) is 4.79 Å². The quantitative estimate of drug-likeness (QED) is 0.242. The molecule has 0 bridgehead atoms. The third-order valence-corrected chi connectivity index (χ3v) is 5.38. The number of hydrogen-bond donors (Lipinski definition) is 1. The Kier molecular flexibility index (Phi) is 7.53. The molecule has 0 unspecified atom stereocenters. The van der Waals surface area contributed by atoms with Crippen LogP contribution < -0.4 is 10.1 Å². The Balaban J connectivity index is 1.58. The van der Waals surface area contributed by atoms with E-state index in [-0.39, 0.29) is 23.7 Å². The number of aryl methyl sites for hydroxylation is 1. The zero-order valence-electron chi connectivity index (χ0n) is 19.8. The monoisotopic (exact) mass is 514 g/mol. The number of halogens is 4. The molecule has 3 aromatic carbocycles. The van der Waals surface area contributed by atoms with E-state index < -0.39 is 23.5 Å². The first-order valence-corrected chi connectivity index (χ1v) is 11.1. The number of methoxy groups -OCH3 is 1. The summed E-state index contributed by atoms with van der Waals surface area (Å²) >= 11 is 0. The fourth-order valence-electron chi connectivity index (χ4n) is 3.49. The molecular formula is C26H22F4N4O3. The van der Waals surface area contributed by atoms with Gasteiger partial charge in [-0.15, -0.1) is 5.10 Å². The molecule has 1 heterocycles. The number of ether oxygens (including phenoxy) is 2. The maximum Gasteiger partial charge on any atom is 0.416 e. The van der Waals surface area contributed by atoms with E-state index >= 15 is 0 Å². The number of carbonyl (C=O) groups is 1. The number of benzene rings is 3. The van der Waals surface area contributed by atoms with Gasteiger partial charge in [0.15, 0.2) is 5.82 Å². The lowest BCUT2D eigenvalue weighted by Crippen LogP contribution is -2.15.